The van der Waals surface area contributed by atoms with Crippen molar-refractivity contribution in [3.05, 3.63) is 89.5 Å². The van der Waals surface area contributed by atoms with Crippen molar-refractivity contribution in [1.82, 2.24) is 5.32 Å². The number of sulfone groups is 1. The lowest BCUT2D eigenvalue weighted by molar-refractivity contribution is 0.415. The molecule has 166 valence electrons. The smallest absolute Gasteiger partial charge is 0.198 e. The third kappa shape index (κ3) is 6.38. The Balaban J connectivity index is 1.84. The molecule has 0 amide bonds. The van der Waals surface area contributed by atoms with E-state index in [2.05, 4.69) is 15.6 Å². The molecule has 3 aromatic carbocycles. The predicted molar refractivity (Wildman–Crippen MR) is 133 cm³/mol. The zero-order valence-corrected chi connectivity index (χ0v) is 19.8. The molecule has 0 unspecified atom stereocenters. The number of thiocarbonyl (C=S) groups is 1. The largest absolute Gasteiger partial charge is 0.497 e. The van der Waals surface area contributed by atoms with E-state index in [9.17, 15) is 8.42 Å². The summed E-state index contributed by atoms with van der Waals surface area (Å²) in [5.74, 6) is 0.603. The Labute approximate surface area is 194 Å². The van der Waals surface area contributed by atoms with E-state index in [0.29, 0.717) is 22.3 Å². The number of nitrogens with zero attached hydrogens (tertiary/aromatic N) is 1. The van der Waals surface area contributed by atoms with Gasteiger partial charge in [-0.1, -0.05) is 35.4 Å². The maximum absolute atomic E-state index is 12.8. The van der Waals surface area contributed by atoms with E-state index in [-0.39, 0.29) is 4.90 Å². The highest BCUT2D eigenvalue weighted by Crippen LogP contribution is 2.15. The minimum atomic E-state index is -3.61. The molecule has 3 aromatic rings. The Morgan fingerprint density at radius 2 is 1.47 bits per heavy atom. The predicted octanol–water partition coefficient (Wildman–Crippen LogP) is 4.48. The van der Waals surface area contributed by atoms with E-state index >= 15 is 0 Å². The van der Waals surface area contributed by atoms with Crippen LogP contribution in [0.25, 0.3) is 0 Å². The van der Waals surface area contributed by atoms with Crippen molar-refractivity contribution in [3.63, 3.8) is 0 Å². The van der Waals surface area contributed by atoms with Crippen LogP contribution in [0.5, 0.6) is 5.75 Å². The number of hydrogen-bond acceptors (Lipinski definition) is 5. The summed E-state index contributed by atoms with van der Waals surface area (Å²) in [6.45, 7) is 3.91. The van der Waals surface area contributed by atoms with E-state index in [0.717, 1.165) is 16.8 Å². The van der Waals surface area contributed by atoms with Gasteiger partial charge in [-0.05, 0) is 74.6 Å². The van der Waals surface area contributed by atoms with Gasteiger partial charge in [-0.3, -0.25) is 4.99 Å². The number of nitrogens with one attached hydrogen (secondary N) is 2. The summed E-state index contributed by atoms with van der Waals surface area (Å²) in [6, 6.07) is 21.6. The first kappa shape index (κ1) is 23.4. The molecule has 2 N–H and O–H groups in total. The minimum absolute atomic E-state index is 0.223. The first-order valence-corrected chi connectivity index (χ1v) is 12.0. The van der Waals surface area contributed by atoms with Crippen molar-refractivity contribution in [1.29, 1.82) is 0 Å². The van der Waals surface area contributed by atoms with Crippen LogP contribution < -0.4 is 15.4 Å². The maximum atomic E-state index is 12.8. The quantitative estimate of drug-likeness (QED) is 0.316. The zero-order valence-electron chi connectivity index (χ0n) is 18.1. The molecule has 0 radical (unpaired) electrons. The van der Waals surface area contributed by atoms with Crippen LogP contribution in [-0.4, -0.2) is 32.4 Å². The average molecular weight is 468 g/mol. The molecule has 0 aromatic heterocycles. The zero-order chi connectivity index (χ0) is 23.1. The number of anilines is 1. The fraction of sp³-hybridized carbons (Fsp3) is 0.167. The van der Waals surface area contributed by atoms with Gasteiger partial charge in [-0.15, -0.1) is 0 Å². The third-order valence-corrected chi connectivity index (χ3v) is 6.34. The van der Waals surface area contributed by atoms with E-state index in [1.165, 1.54) is 0 Å². The highest BCUT2D eigenvalue weighted by molar-refractivity contribution is 7.91. The van der Waals surface area contributed by atoms with Gasteiger partial charge in [0.15, 0.2) is 14.9 Å². The highest BCUT2D eigenvalue weighted by Gasteiger charge is 2.15. The van der Waals surface area contributed by atoms with Crippen LogP contribution in [0, 0.1) is 13.8 Å². The number of benzene rings is 3. The van der Waals surface area contributed by atoms with Gasteiger partial charge >= 0.3 is 0 Å². The lowest BCUT2D eigenvalue weighted by Gasteiger charge is -2.14. The molecule has 6 nitrogen and oxygen atoms in total. The van der Waals surface area contributed by atoms with Crippen LogP contribution in [0.4, 0.5) is 5.69 Å². The molecule has 0 bridgehead atoms. The Bertz CT molecular complexity index is 1200. The second kappa shape index (κ2) is 10.4. The molecule has 0 saturated heterocycles. The van der Waals surface area contributed by atoms with Crippen LogP contribution >= 0.6 is 12.2 Å². The maximum Gasteiger partial charge on any atom is 0.198 e. The second-order valence-corrected chi connectivity index (χ2v) is 9.60. The molecule has 0 aliphatic rings. The van der Waals surface area contributed by atoms with Gasteiger partial charge in [0.05, 0.1) is 12.0 Å². The highest BCUT2D eigenvalue weighted by atomic mass is 32.2. The Kier molecular flexibility index (Phi) is 7.61. The lowest BCUT2D eigenvalue weighted by atomic mass is 10.2. The van der Waals surface area contributed by atoms with Gasteiger partial charge in [-0.25, -0.2) is 8.42 Å². The first-order chi connectivity index (χ1) is 15.3. The van der Waals surface area contributed by atoms with Gasteiger partial charge in [0, 0.05) is 11.3 Å². The summed E-state index contributed by atoms with van der Waals surface area (Å²) in [5.41, 5.74) is 3.62. The van der Waals surface area contributed by atoms with Crippen molar-refractivity contribution in [2.24, 2.45) is 4.99 Å². The molecule has 8 heteroatoms. The van der Waals surface area contributed by atoms with Crippen LogP contribution in [0.2, 0.25) is 0 Å². The van der Waals surface area contributed by atoms with Crippen LogP contribution in [-0.2, 0) is 9.84 Å². The molecule has 0 spiro atoms. The Morgan fingerprint density at radius 3 is 2.03 bits per heavy atom. The van der Waals surface area contributed by atoms with E-state index in [4.69, 9.17) is 17.0 Å². The van der Waals surface area contributed by atoms with E-state index < -0.39 is 15.7 Å². The minimum Gasteiger partial charge on any atom is -0.497 e. The summed E-state index contributed by atoms with van der Waals surface area (Å²) in [5, 5.41) is 6.43. The SMILES string of the molecule is COc1ccc(/C(=N/CS(=O)(=O)c2ccc(C)cc2)NC(=S)Nc2ccc(C)cc2)cc1. The molecule has 0 aliphatic heterocycles. The molecule has 0 heterocycles. The van der Waals surface area contributed by atoms with E-state index in [1.54, 1.807) is 55.6 Å². The van der Waals surface area contributed by atoms with Gasteiger partial charge in [0.1, 0.15) is 17.5 Å². The van der Waals surface area contributed by atoms with Crippen molar-refractivity contribution >= 4 is 38.7 Å². The van der Waals surface area contributed by atoms with Crippen molar-refractivity contribution in [3.8, 4) is 5.75 Å². The first-order valence-electron chi connectivity index (χ1n) is 9.90. The van der Waals surface area contributed by atoms with Gasteiger partial charge < -0.3 is 15.4 Å². The number of aliphatic imine (C=N–C) groups is 1. The number of methoxy groups -OCH3 is 1. The molecular weight excluding hydrogens is 442 g/mol. The van der Waals surface area contributed by atoms with Crippen molar-refractivity contribution in [2.45, 2.75) is 18.7 Å². The van der Waals surface area contributed by atoms with Crippen LogP contribution in [0.3, 0.4) is 0 Å². The third-order valence-electron chi connectivity index (χ3n) is 4.68. The molecule has 0 saturated carbocycles. The summed E-state index contributed by atoms with van der Waals surface area (Å²) in [6.07, 6.45) is 0. The number of hydrogen-bond donors (Lipinski definition) is 2. The standard InChI is InChI=1S/C24H25N3O3S2/c1-17-4-10-20(11-5-17)26-24(31)27-23(19-8-12-21(30-3)13-9-19)25-16-32(28,29)22-14-6-18(2)7-15-22/h4-15H,16H2,1-3H3,(H2,25,26,27,31). The summed E-state index contributed by atoms with van der Waals surface area (Å²) >= 11 is 5.43. The topological polar surface area (TPSA) is 79.8 Å². The van der Waals surface area contributed by atoms with Gasteiger partial charge in [-0.2, -0.15) is 0 Å². The fourth-order valence-corrected chi connectivity index (χ4v) is 4.04. The molecular formula is C24H25N3O3S2. The normalized spacial score (nSPS) is 11.7. The number of ether oxygens (including phenoxy) is 1. The molecule has 3 rings (SSSR count). The summed E-state index contributed by atoms with van der Waals surface area (Å²) < 4.78 is 30.8. The van der Waals surface area contributed by atoms with E-state index in [1.807, 2.05) is 38.1 Å². The molecule has 32 heavy (non-hydrogen) atoms. The molecule has 0 atom stereocenters. The van der Waals surface area contributed by atoms with Gasteiger partial charge in [0.25, 0.3) is 0 Å². The number of amidine groups is 1. The number of aryl methyl sites for hydroxylation is 2. The average Bonchev–Trinajstić information content (AvgIpc) is 2.78. The van der Waals surface area contributed by atoms with Crippen molar-refractivity contribution in [2.75, 3.05) is 18.3 Å². The fourth-order valence-electron chi connectivity index (χ4n) is 2.83. The van der Waals surface area contributed by atoms with Gasteiger partial charge in [0.2, 0.25) is 0 Å². The lowest BCUT2D eigenvalue weighted by Crippen LogP contribution is -2.35. The molecule has 0 fully saturated rings. The monoisotopic (exact) mass is 467 g/mol. The molecule has 0 aliphatic carbocycles. The number of rotatable bonds is 6. The Morgan fingerprint density at radius 1 is 0.906 bits per heavy atom. The Hall–Kier alpha value is -3.23. The summed E-state index contributed by atoms with van der Waals surface area (Å²) in [7, 11) is -2.03. The second-order valence-electron chi connectivity index (χ2n) is 7.24. The van der Waals surface area contributed by atoms with Crippen LogP contribution in [0.1, 0.15) is 16.7 Å². The van der Waals surface area contributed by atoms with Crippen LogP contribution in [0.15, 0.2) is 82.7 Å². The summed E-state index contributed by atoms with van der Waals surface area (Å²) in [4.78, 5) is 4.59. The van der Waals surface area contributed by atoms with Crippen molar-refractivity contribution < 1.29 is 13.2 Å².